The number of hydrogen-bond donors (Lipinski definition) is 1. The molecule has 2 aromatic carbocycles. The lowest BCUT2D eigenvalue weighted by Gasteiger charge is -2.33. The first-order valence-corrected chi connectivity index (χ1v) is 11.0. The molecule has 1 fully saturated rings. The lowest BCUT2D eigenvalue weighted by molar-refractivity contribution is 0.0432. The number of halogens is 2. The van der Waals surface area contributed by atoms with Gasteiger partial charge in [0.1, 0.15) is 17.6 Å². The van der Waals surface area contributed by atoms with Crippen LogP contribution in [0, 0.1) is 0 Å². The molecule has 0 saturated carbocycles. The van der Waals surface area contributed by atoms with Gasteiger partial charge in [0.2, 0.25) is 0 Å². The number of hydrogen-bond acceptors (Lipinski definition) is 5. The Balaban J connectivity index is 1.20. The molecule has 0 spiro atoms. The number of likely N-dealkylation sites (tertiary alicyclic amines) is 1. The van der Waals surface area contributed by atoms with Crippen molar-refractivity contribution in [1.29, 1.82) is 0 Å². The van der Waals surface area contributed by atoms with E-state index in [0.717, 1.165) is 43.0 Å². The summed E-state index contributed by atoms with van der Waals surface area (Å²) in [6.45, 7) is 3.46. The first-order chi connectivity index (χ1) is 14.6. The zero-order chi connectivity index (χ0) is 20.9. The average Bonchev–Trinajstić information content (AvgIpc) is 3.21. The summed E-state index contributed by atoms with van der Waals surface area (Å²) in [5, 5.41) is 11.6. The number of ether oxygens (including phenoxy) is 2. The second kappa shape index (κ2) is 9.92. The van der Waals surface area contributed by atoms with Crippen LogP contribution in [0.3, 0.4) is 0 Å². The van der Waals surface area contributed by atoms with Crippen molar-refractivity contribution in [3.63, 3.8) is 0 Å². The maximum Gasteiger partial charge on any atom is 0.161 e. The Hall–Kier alpha value is -1.92. The molecule has 0 aromatic heterocycles. The molecule has 0 aliphatic carbocycles. The lowest BCUT2D eigenvalue weighted by atomic mass is 10.1. The Morgan fingerprint density at radius 2 is 1.80 bits per heavy atom. The van der Waals surface area contributed by atoms with Gasteiger partial charge in [-0.3, -0.25) is 0 Å². The molecule has 1 atom stereocenters. The van der Waals surface area contributed by atoms with Crippen LogP contribution in [0.4, 0.5) is 0 Å². The summed E-state index contributed by atoms with van der Waals surface area (Å²) in [5.74, 6) is 1.60. The topological polar surface area (TPSA) is 45.2 Å². The van der Waals surface area contributed by atoms with Crippen LogP contribution in [0.1, 0.15) is 18.4 Å². The van der Waals surface area contributed by atoms with Crippen molar-refractivity contribution in [1.82, 2.24) is 9.80 Å². The molecular weight excluding hydrogens is 423 g/mol. The summed E-state index contributed by atoms with van der Waals surface area (Å²) < 4.78 is 11.8. The maximum absolute atomic E-state index is 10.5. The second-order valence-electron chi connectivity index (χ2n) is 7.75. The molecule has 2 aliphatic heterocycles. The maximum atomic E-state index is 10.5. The molecule has 2 aromatic rings. The SMILES string of the molecule is O[C@@H](CN1C=C(c2ccccc2)OC1)CN1CCC(Oc2ccc(Cl)c(Cl)c2)CC1. The second-order valence-corrected chi connectivity index (χ2v) is 8.57. The van der Waals surface area contributed by atoms with E-state index < -0.39 is 6.10 Å². The Bertz CT molecular complexity index is 870. The molecule has 0 amide bonds. The highest BCUT2D eigenvalue weighted by atomic mass is 35.5. The lowest BCUT2D eigenvalue weighted by Crippen LogP contribution is -2.44. The van der Waals surface area contributed by atoms with Gasteiger partial charge < -0.3 is 24.4 Å². The number of aliphatic hydroxyl groups excluding tert-OH is 1. The monoisotopic (exact) mass is 448 g/mol. The van der Waals surface area contributed by atoms with E-state index in [1.54, 1.807) is 12.1 Å². The van der Waals surface area contributed by atoms with Gasteiger partial charge in [0, 0.05) is 44.0 Å². The van der Waals surface area contributed by atoms with Crippen molar-refractivity contribution in [3.05, 3.63) is 70.3 Å². The number of β-amino-alcohol motifs (C(OH)–C–C–N with tert-alkyl or cyclic N) is 1. The average molecular weight is 449 g/mol. The number of piperidine rings is 1. The summed E-state index contributed by atoms with van der Waals surface area (Å²) in [6.07, 6.45) is 3.53. The molecule has 0 unspecified atom stereocenters. The first kappa shape index (κ1) is 21.3. The zero-order valence-corrected chi connectivity index (χ0v) is 18.2. The molecule has 0 bridgehead atoms. The van der Waals surface area contributed by atoms with Crippen LogP contribution in [-0.2, 0) is 4.74 Å². The molecule has 5 nitrogen and oxygen atoms in total. The minimum atomic E-state index is -0.437. The highest BCUT2D eigenvalue weighted by Gasteiger charge is 2.24. The summed E-state index contributed by atoms with van der Waals surface area (Å²) >= 11 is 12.0. The van der Waals surface area contributed by atoms with Gasteiger partial charge in [0.25, 0.3) is 0 Å². The zero-order valence-electron chi connectivity index (χ0n) is 16.7. The third-order valence-corrected chi connectivity index (χ3v) is 6.13. The molecule has 1 N–H and O–H groups in total. The van der Waals surface area contributed by atoms with E-state index in [4.69, 9.17) is 32.7 Å². The van der Waals surface area contributed by atoms with E-state index in [-0.39, 0.29) is 6.10 Å². The molecule has 0 radical (unpaired) electrons. The molecule has 2 aliphatic rings. The van der Waals surface area contributed by atoms with Gasteiger partial charge >= 0.3 is 0 Å². The van der Waals surface area contributed by atoms with Crippen molar-refractivity contribution in [2.45, 2.75) is 25.0 Å². The molecule has 30 heavy (non-hydrogen) atoms. The summed E-state index contributed by atoms with van der Waals surface area (Å²) in [4.78, 5) is 4.31. The van der Waals surface area contributed by atoms with Crippen LogP contribution in [0.2, 0.25) is 10.0 Å². The fraction of sp³-hybridized carbons (Fsp3) is 0.391. The fourth-order valence-corrected chi connectivity index (χ4v) is 4.13. The standard InChI is InChI=1S/C23H26Cl2N2O3/c24-21-7-6-20(12-22(21)25)30-19-8-10-26(11-9-19)13-18(28)14-27-15-23(29-16-27)17-4-2-1-3-5-17/h1-7,12,15,18-19,28H,8-11,13-14,16H2/t18-/m1/s1. The van der Waals surface area contributed by atoms with E-state index in [9.17, 15) is 5.11 Å². The van der Waals surface area contributed by atoms with Crippen molar-refractivity contribution in [2.75, 3.05) is 32.9 Å². The quantitative estimate of drug-likeness (QED) is 0.675. The molecule has 160 valence electrons. The van der Waals surface area contributed by atoms with Crippen LogP contribution in [-0.4, -0.2) is 60.0 Å². The molecule has 2 heterocycles. The largest absolute Gasteiger partial charge is 0.490 e. The van der Waals surface area contributed by atoms with E-state index in [1.807, 2.05) is 47.5 Å². The number of aliphatic hydroxyl groups is 1. The van der Waals surface area contributed by atoms with Crippen LogP contribution in [0.5, 0.6) is 5.75 Å². The minimum Gasteiger partial charge on any atom is -0.490 e. The predicted molar refractivity (Wildman–Crippen MR) is 120 cm³/mol. The highest BCUT2D eigenvalue weighted by molar-refractivity contribution is 6.42. The first-order valence-electron chi connectivity index (χ1n) is 10.2. The smallest absolute Gasteiger partial charge is 0.161 e. The molecule has 1 saturated heterocycles. The Morgan fingerprint density at radius 1 is 1.03 bits per heavy atom. The Kier molecular flexibility index (Phi) is 7.05. The van der Waals surface area contributed by atoms with Crippen molar-refractivity contribution >= 4 is 29.0 Å². The predicted octanol–water partition coefficient (Wildman–Crippen LogP) is 4.49. The van der Waals surface area contributed by atoms with Gasteiger partial charge in [-0.15, -0.1) is 0 Å². The molecule has 4 rings (SSSR count). The van der Waals surface area contributed by atoms with Gasteiger partial charge in [0.15, 0.2) is 6.73 Å². The van der Waals surface area contributed by atoms with Crippen LogP contribution in [0.25, 0.3) is 5.76 Å². The van der Waals surface area contributed by atoms with Crippen LogP contribution >= 0.6 is 23.2 Å². The van der Waals surface area contributed by atoms with Crippen molar-refractivity contribution < 1.29 is 14.6 Å². The van der Waals surface area contributed by atoms with Crippen molar-refractivity contribution in [2.24, 2.45) is 0 Å². The third-order valence-electron chi connectivity index (χ3n) is 5.39. The Morgan fingerprint density at radius 3 is 2.53 bits per heavy atom. The van der Waals surface area contributed by atoms with Gasteiger partial charge in [-0.1, -0.05) is 53.5 Å². The van der Waals surface area contributed by atoms with Crippen LogP contribution in [0.15, 0.2) is 54.7 Å². The Labute approximate surface area is 187 Å². The number of nitrogens with zero attached hydrogens (tertiary/aromatic N) is 2. The third kappa shape index (κ3) is 5.61. The summed E-state index contributed by atoms with van der Waals surface area (Å²) in [6, 6.07) is 15.4. The molecular formula is C23H26Cl2N2O3. The normalized spacial score (nSPS) is 18.8. The van der Waals surface area contributed by atoms with E-state index in [1.165, 1.54) is 0 Å². The molecule has 7 heteroatoms. The van der Waals surface area contributed by atoms with E-state index in [0.29, 0.717) is 29.9 Å². The van der Waals surface area contributed by atoms with Gasteiger partial charge in [-0.05, 0) is 25.0 Å². The number of benzene rings is 2. The fourth-order valence-electron chi connectivity index (χ4n) is 3.84. The van der Waals surface area contributed by atoms with E-state index in [2.05, 4.69) is 4.90 Å². The van der Waals surface area contributed by atoms with Gasteiger partial charge in [0.05, 0.1) is 16.1 Å². The number of rotatable bonds is 7. The van der Waals surface area contributed by atoms with Crippen molar-refractivity contribution in [3.8, 4) is 5.75 Å². The van der Waals surface area contributed by atoms with E-state index >= 15 is 0 Å². The van der Waals surface area contributed by atoms with Gasteiger partial charge in [-0.2, -0.15) is 0 Å². The van der Waals surface area contributed by atoms with Crippen LogP contribution < -0.4 is 4.74 Å². The van der Waals surface area contributed by atoms with Gasteiger partial charge in [-0.25, -0.2) is 0 Å². The minimum absolute atomic E-state index is 0.152. The highest BCUT2D eigenvalue weighted by Crippen LogP contribution is 2.28. The summed E-state index contributed by atoms with van der Waals surface area (Å²) in [5.41, 5.74) is 1.05. The summed E-state index contributed by atoms with van der Waals surface area (Å²) in [7, 11) is 0.